The molecule has 2 N–H and O–H groups in total. The Morgan fingerprint density at radius 3 is 2.90 bits per heavy atom. The Balaban J connectivity index is 1.31. The molecular weight excluding hydrogens is 398 g/mol. The van der Waals surface area contributed by atoms with Gasteiger partial charge in [-0.1, -0.05) is 41.9 Å². The smallest absolute Gasteiger partial charge is 0.191 e. The Labute approximate surface area is 183 Å². The van der Waals surface area contributed by atoms with Crippen LogP contribution in [0.3, 0.4) is 0 Å². The third kappa shape index (κ3) is 5.05. The molecule has 7 heteroatoms. The molecule has 3 heterocycles. The van der Waals surface area contributed by atoms with Crippen LogP contribution < -0.4 is 15.5 Å². The van der Waals surface area contributed by atoms with Gasteiger partial charge in [-0.25, -0.2) is 4.98 Å². The van der Waals surface area contributed by atoms with E-state index in [0.717, 1.165) is 57.3 Å². The van der Waals surface area contributed by atoms with E-state index in [-0.39, 0.29) is 6.10 Å². The van der Waals surface area contributed by atoms with Crippen LogP contribution in [0.4, 0.5) is 5.82 Å². The molecule has 3 unspecified atom stereocenters. The molecule has 2 aliphatic heterocycles. The van der Waals surface area contributed by atoms with Crippen molar-refractivity contribution >= 4 is 23.4 Å². The fraction of sp³-hybridized carbons (Fsp3) is 0.478. The van der Waals surface area contributed by atoms with Gasteiger partial charge in [0.25, 0.3) is 0 Å². The lowest BCUT2D eigenvalue weighted by Crippen LogP contribution is -2.46. The summed E-state index contributed by atoms with van der Waals surface area (Å²) in [6.45, 7) is 3.45. The minimum atomic E-state index is 0.138. The molecule has 30 heavy (non-hydrogen) atoms. The predicted octanol–water partition coefficient (Wildman–Crippen LogP) is 3.65. The van der Waals surface area contributed by atoms with E-state index in [1.54, 1.807) is 6.20 Å². The maximum absolute atomic E-state index is 6.31. The lowest BCUT2D eigenvalue weighted by atomic mass is 9.89. The first-order valence-electron chi connectivity index (χ1n) is 10.7. The Morgan fingerprint density at radius 1 is 1.23 bits per heavy atom. The SMILES string of the molecule is CN=C(NCC1CCCOC1c1ccccc1)NC1CCN(c2ncccc2Cl)C1. The molecule has 1 aromatic carbocycles. The third-order valence-electron chi connectivity index (χ3n) is 5.90. The molecule has 0 amide bonds. The van der Waals surface area contributed by atoms with Gasteiger partial charge in [0.1, 0.15) is 5.82 Å². The molecule has 0 saturated carbocycles. The number of aromatic nitrogens is 1. The highest BCUT2D eigenvalue weighted by molar-refractivity contribution is 6.32. The summed E-state index contributed by atoms with van der Waals surface area (Å²) in [4.78, 5) is 11.1. The average molecular weight is 428 g/mol. The number of pyridine rings is 1. The highest BCUT2D eigenvalue weighted by Gasteiger charge is 2.29. The molecular formula is C23H30ClN5O. The quantitative estimate of drug-likeness (QED) is 0.563. The van der Waals surface area contributed by atoms with Crippen LogP contribution in [0, 0.1) is 5.92 Å². The number of ether oxygens (including phenoxy) is 1. The Morgan fingerprint density at radius 2 is 2.10 bits per heavy atom. The van der Waals surface area contributed by atoms with Crippen LogP contribution in [0.25, 0.3) is 0 Å². The maximum atomic E-state index is 6.31. The van der Waals surface area contributed by atoms with E-state index < -0.39 is 0 Å². The Bertz CT molecular complexity index is 846. The van der Waals surface area contributed by atoms with Crippen molar-refractivity contribution in [3.8, 4) is 0 Å². The van der Waals surface area contributed by atoms with Crippen molar-refractivity contribution in [3.05, 3.63) is 59.2 Å². The number of aliphatic imine (C=N–C) groups is 1. The molecule has 4 rings (SSSR count). The summed E-state index contributed by atoms with van der Waals surface area (Å²) in [5.41, 5.74) is 1.26. The number of benzene rings is 1. The van der Waals surface area contributed by atoms with E-state index in [9.17, 15) is 0 Å². The zero-order chi connectivity index (χ0) is 20.8. The van der Waals surface area contributed by atoms with E-state index >= 15 is 0 Å². The monoisotopic (exact) mass is 427 g/mol. The van der Waals surface area contributed by atoms with Crippen molar-refractivity contribution in [2.24, 2.45) is 10.9 Å². The van der Waals surface area contributed by atoms with Gasteiger partial charge < -0.3 is 20.3 Å². The summed E-state index contributed by atoms with van der Waals surface area (Å²) in [5.74, 6) is 2.12. The topological polar surface area (TPSA) is 61.8 Å². The van der Waals surface area contributed by atoms with Crippen molar-refractivity contribution in [1.82, 2.24) is 15.6 Å². The molecule has 0 aliphatic carbocycles. The second kappa shape index (κ2) is 10.1. The maximum Gasteiger partial charge on any atom is 0.191 e. The van der Waals surface area contributed by atoms with Gasteiger partial charge in [0.15, 0.2) is 5.96 Å². The number of nitrogens with one attached hydrogen (secondary N) is 2. The number of halogens is 1. The standard InChI is InChI=1S/C23H30ClN5O/c1-25-23(28-19-11-13-29(16-19)22-20(24)10-5-12-26-22)27-15-18-9-6-14-30-21(18)17-7-3-2-4-8-17/h2-5,7-8,10,12,18-19,21H,6,9,11,13-16H2,1H3,(H2,25,27,28). The predicted molar refractivity (Wildman–Crippen MR) is 122 cm³/mol. The van der Waals surface area contributed by atoms with E-state index in [4.69, 9.17) is 16.3 Å². The first-order valence-corrected chi connectivity index (χ1v) is 11.1. The molecule has 1 aromatic heterocycles. The fourth-order valence-corrected chi connectivity index (χ4v) is 4.60. The van der Waals surface area contributed by atoms with Crippen LogP contribution in [-0.4, -0.2) is 50.3 Å². The number of nitrogens with zero attached hydrogens (tertiary/aromatic N) is 3. The molecule has 0 spiro atoms. The normalized spacial score (nSPS) is 24.7. The van der Waals surface area contributed by atoms with Gasteiger partial charge in [0.05, 0.1) is 11.1 Å². The summed E-state index contributed by atoms with van der Waals surface area (Å²) in [6, 6.07) is 14.6. The molecule has 2 fully saturated rings. The number of hydrogen-bond donors (Lipinski definition) is 2. The Hall–Kier alpha value is -2.31. The minimum absolute atomic E-state index is 0.138. The first-order chi connectivity index (χ1) is 14.7. The molecule has 2 saturated heterocycles. The van der Waals surface area contributed by atoms with Crippen molar-refractivity contribution < 1.29 is 4.74 Å². The zero-order valence-electron chi connectivity index (χ0n) is 17.4. The Kier molecular flexibility index (Phi) is 7.07. The van der Waals surface area contributed by atoms with Crippen LogP contribution in [0.15, 0.2) is 53.7 Å². The fourth-order valence-electron chi connectivity index (χ4n) is 4.36. The van der Waals surface area contributed by atoms with Crippen molar-refractivity contribution in [2.45, 2.75) is 31.4 Å². The van der Waals surface area contributed by atoms with E-state index in [0.29, 0.717) is 17.0 Å². The summed E-state index contributed by atoms with van der Waals surface area (Å²) in [6.07, 6.45) is 5.20. The number of rotatable bonds is 5. The van der Waals surface area contributed by atoms with E-state index in [1.807, 2.05) is 25.2 Å². The minimum Gasteiger partial charge on any atom is -0.373 e. The molecule has 2 aromatic rings. The lowest BCUT2D eigenvalue weighted by molar-refractivity contribution is -0.0265. The van der Waals surface area contributed by atoms with Gasteiger partial charge in [-0.2, -0.15) is 0 Å². The zero-order valence-corrected chi connectivity index (χ0v) is 18.2. The number of hydrogen-bond acceptors (Lipinski definition) is 4. The number of guanidine groups is 1. The highest BCUT2D eigenvalue weighted by Crippen LogP contribution is 2.33. The van der Waals surface area contributed by atoms with Crippen LogP contribution in [0.1, 0.15) is 30.9 Å². The van der Waals surface area contributed by atoms with Gasteiger partial charge in [0.2, 0.25) is 0 Å². The third-order valence-corrected chi connectivity index (χ3v) is 6.19. The van der Waals surface area contributed by atoms with Gasteiger partial charge in [0, 0.05) is 51.4 Å². The van der Waals surface area contributed by atoms with Crippen LogP contribution >= 0.6 is 11.6 Å². The van der Waals surface area contributed by atoms with Crippen molar-refractivity contribution in [2.75, 3.05) is 38.2 Å². The van der Waals surface area contributed by atoms with Gasteiger partial charge in [-0.05, 0) is 37.0 Å². The average Bonchev–Trinajstić information content (AvgIpc) is 3.26. The van der Waals surface area contributed by atoms with Gasteiger partial charge in [-0.15, -0.1) is 0 Å². The van der Waals surface area contributed by atoms with Crippen molar-refractivity contribution in [3.63, 3.8) is 0 Å². The highest BCUT2D eigenvalue weighted by atomic mass is 35.5. The van der Waals surface area contributed by atoms with Gasteiger partial charge >= 0.3 is 0 Å². The second-order valence-electron chi connectivity index (χ2n) is 7.94. The largest absolute Gasteiger partial charge is 0.373 e. The molecule has 3 atom stereocenters. The molecule has 6 nitrogen and oxygen atoms in total. The van der Waals surface area contributed by atoms with E-state index in [1.165, 1.54) is 5.56 Å². The van der Waals surface area contributed by atoms with E-state index in [2.05, 4.69) is 49.8 Å². The first kappa shape index (κ1) is 20.9. The van der Waals surface area contributed by atoms with Gasteiger partial charge in [-0.3, -0.25) is 4.99 Å². The summed E-state index contributed by atoms with van der Waals surface area (Å²) < 4.78 is 6.12. The summed E-state index contributed by atoms with van der Waals surface area (Å²) in [5, 5.41) is 7.79. The molecule has 0 bridgehead atoms. The molecule has 160 valence electrons. The molecule has 0 radical (unpaired) electrons. The van der Waals surface area contributed by atoms with Crippen LogP contribution in [0.5, 0.6) is 0 Å². The summed E-state index contributed by atoms with van der Waals surface area (Å²) >= 11 is 6.31. The van der Waals surface area contributed by atoms with Crippen LogP contribution in [0.2, 0.25) is 5.02 Å². The van der Waals surface area contributed by atoms with Crippen LogP contribution in [-0.2, 0) is 4.74 Å². The number of anilines is 1. The van der Waals surface area contributed by atoms with Crippen molar-refractivity contribution in [1.29, 1.82) is 0 Å². The lowest BCUT2D eigenvalue weighted by Gasteiger charge is -2.33. The second-order valence-corrected chi connectivity index (χ2v) is 8.35. The molecule has 2 aliphatic rings. The summed E-state index contributed by atoms with van der Waals surface area (Å²) in [7, 11) is 1.82.